The van der Waals surface area contributed by atoms with E-state index in [0.29, 0.717) is 6.42 Å². The minimum atomic E-state index is 0.157. The van der Waals surface area contributed by atoms with Gasteiger partial charge in [0.2, 0.25) is 0 Å². The van der Waals surface area contributed by atoms with E-state index < -0.39 is 0 Å². The summed E-state index contributed by atoms with van der Waals surface area (Å²) >= 11 is 0. The maximum atomic E-state index is 10.9. The maximum Gasteiger partial charge on any atom is 0.161 e. The van der Waals surface area contributed by atoms with Crippen molar-refractivity contribution in [1.29, 1.82) is 0 Å². The van der Waals surface area contributed by atoms with E-state index in [1.54, 1.807) is 7.11 Å². The highest BCUT2D eigenvalue weighted by molar-refractivity contribution is 5.55. The molecule has 3 aromatic rings. The minimum absolute atomic E-state index is 0.157. The van der Waals surface area contributed by atoms with Crippen molar-refractivity contribution in [2.24, 2.45) is 0 Å². The van der Waals surface area contributed by atoms with Crippen LogP contribution in [0.1, 0.15) is 53.9 Å². The summed E-state index contributed by atoms with van der Waals surface area (Å²) in [6.07, 6.45) is 10.8. The summed E-state index contributed by atoms with van der Waals surface area (Å²) in [7, 11) is 1.69. The summed E-state index contributed by atoms with van der Waals surface area (Å²) in [5.41, 5.74) is 4.66. The van der Waals surface area contributed by atoms with Gasteiger partial charge in [-0.05, 0) is 78.6 Å². The fraction of sp³-hybridized carbons (Fsp3) is 0.333. The molecule has 0 saturated heterocycles. The van der Waals surface area contributed by atoms with Crippen LogP contribution in [0, 0.1) is 0 Å². The molecule has 2 aromatic carbocycles. The van der Waals surface area contributed by atoms with E-state index in [4.69, 9.17) is 9.47 Å². The Morgan fingerprint density at radius 1 is 0.935 bits per heavy atom. The number of nitrogens with zero attached hydrogens (tertiary/aromatic N) is 1. The molecule has 1 saturated carbocycles. The average Bonchev–Trinajstić information content (AvgIpc) is 3.32. The first kappa shape index (κ1) is 21.1. The normalized spacial score (nSPS) is 14.9. The van der Waals surface area contributed by atoms with Crippen LogP contribution in [0.3, 0.4) is 0 Å². The lowest BCUT2D eigenvalue weighted by Crippen LogP contribution is -2.12. The first-order valence-electron chi connectivity index (χ1n) is 11.0. The molecule has 0 bridgehead atoms. The zero-order valence-electron chi connectivity index (χ0n) is 18.0. The quantitative estimate of drug-likeness (QED) is 0.431. The zero-order chi connectivity index (χ0) is 21.5. The summed E-state index contributed by atoms with van der Waals surface area (Å²) in [5.74, 6) is 1.76. The molecule has 1 heterocycles. The zero-order valence-corrected chi connectivity index (χ0v) is 18.0. The number of aromatic nitrogens is 1. The van der Waals surface area contributed by atoms with Gasteiger partial charge in [-0.3, -0.25) is 4.98 Å². The summed E-state index contributed by atoms with van der Waals surface area (Å²) in [5, 5.41) is 0. The number of ether oxygens (including phenoxy) is 2. The number of methoxy groups -OCH3 is 1. The van der Waals surface area contributed by atoms with Gasteiger partial charge in [0.25, 0.3) is 0 Å². The van der Waals surface area contributed by atoms with Crippen LogP contribution in [0.2, 0.25) is 0 Å². The van der Waals surface area contributed by atoms with Crippen LogP contribution >= 0.6 is 0 Å². The molecule has 160 valence electrons. The Bertz CT molecular complexity index is 979. The highest BCUT2D eigenvalue weighted by atomic mass is 16.5. The summed E-state index contributed by atoms with van der Waals surface area (Å²) < 4.78 is 11.9. The number of hydrogen-bond acceptors (Lipinski definition) is 4. The van der Waals surface area contributed by atoms with Crippen LogP contribution in [-0.4, -0.2) is 24.5 Å². The Kier molecular flexibility index (Phi) is 6.98. The fourth-order valence-electron chi connectivity index (χ4n) is 4.35. The predicted molar refractivity (Wildman–Crippen MR) is 122 cm³/mol. The van der Waals surface area contributed by atoms with Crippen LogP contribution in [-0.2, 0) is 17.6 Å². The molecule has 0 amide bonds. The lowest BCUT2D eigenvalue weighted by Gasteiger charge is -2.22. The number of carbonyl (C=O) groups excluding carboxylic acids is 1. The van der Waals surface area contributed by atoms with Crippen molar-refractivity contribution in [1.82, 2.24) is 4.98 Å². The molecule has 1 fully saturated rings. The lowest BCUT2D eigenvalue weighted by atomic mass is 9.85. The van der Waals surface area contributed by atoms with Crippen molar-refractivity contribution < 1.29 is 14.3 Å². The summed E-state index contributed by atoms with van der Waals surface area (Å²) in [4.78, 5) is 15.0. The largest absolute Gasteiger partial charge is 0.493 e. The van der Waals surface area contributed by atoms with Gasteiger partial charge < -0.3 is 14.3 Å². The molecule has 0 unspecified atom stereocenters. The van der Waals surface area contributed by atoms with Gasteiger partial charge in [-0.2, -0.15) is 0 Å². The first-order valence-corrected chi connectivity index (χ1v) is 11.0. The molecule has 1 aliphatic rings. The number of pyridine rings is 1. The van der Waals surface area contributed by atoms with Gasteiger partial charge in [-0.25, -0.2) is 0 Å². The van der Waals surface area contributed by atoms with Crippen LogP contribution in [0.5, 0.6) is 11.5 Å². The van der Waals surface area contributed by atoms with Gasteiger partial charge in [0.05, 0.1) is 13.2 Å². The monoisotopic (exact) mass is 415 g/mol. The lowest BCUT2D eigenvalue weighted by molar-refractivity contribution is -0.107. The first-order chi connectivity index (χ1) is 15.3. The van der Waals surface area contributed by atoms with Crippen molar-refractivity contribution in [3.05, 3.63) is 89.2 Å². The maximum absolute atomic E-state index is 10.9. The molecule has 4 heteroatoms. The van der Waals surface area contributed by atoms with E-state index in [0.717, 1.165) is 42.6 Å². The third kappa shape index (κ3) is 5.32. The second-order valence-electron chi connectivity index (χ2n) is 8.16. The van der Waals surface area contributed by atoms with E-state index in [2.05, 4.69) is 41.4 Å². The fourth-order valence-corrected chi connectivity index (χ4v) is 4.35. The minimum Gasteiger partial charge on any atom is -0.493 e. The summed E-state index contributed by atoms with van der Waals surface area (Å²) in [6.45, 7) is 0. The molecule has 4 rings (SSSR count). The van der Waals surface area contributed by atoms with Crippen LogP contribution in [0.4, 0.5) is 0 Å². The van der Waals surface area contributed by atoms with Crippen LogP contribution in [0.15, 0.2) is 67.0 Å². The van der Waals surface area contributed by atoms with Crippen molar-refractivity contribution in [3.8, 4) is 11.5 Å². The number of rotatable bonds is 9. The van der Waals surface area contributed by atoms with Gasteiger partial charge in [-0.15, -0.1) is 0 Å². The Morgan fingerprint density at radius 2 is 1.65 bits per heavy atom. The van der Waals surface area contributed by atoms with Crippen LogP contribution < -0.4 is 9.47 Å². The highest BCUT2D eigenvalue weighted by Gasteiger charge is 2.21. The molecule has 1 aliphatic carbocycles. The predicted octanol–water partition coefficient (Wildman–Crippen LogP) is 5.53. The van der Waals surface area contributed by atoms with E-state index in [9.17, 15) is 4.79 Å². The number of hydrogen-bond donors (Lipinski definition) is 0. The van der Waals surface area contributed by atoms with E-state index in [1.807, 2.05) is 30.6 Å². The molecule has 0 spiro atoms. The average molecular weight is 416 g/mol. The Hall–Kier alpha value is -3.14. The number of aldehydes is 1. The highest BCUT2D eigenvalue weighted by Crippen LogP contribution is 2.37. The Balaban J connectivity index is 1.68. The third-order valence-electron chi connectivity index (χ3n) is 6.08. The van der Waals surface area contributed by atoms with Crippen molar-refractivity contribution in [2.75, 3.05) is 7.11 Å². The topological polar surface area (TPSA) is 48.4 Å². The van der Waals surface area contributed by atoms with Crippen molar-refractivity contribution in [2.45, 2.75) is 50.5 Å². The molecule has 0 radical (unpaired) electrons. The van der Waals surface area contributed by atoms with Gasteiger partial charge in [-0.1, -0.05) is 30.3 Å². The van der Waals surface area contributed by atoms with E-state index >= 15 is 0 Å². The van der Waals surface area contributed by atoms with E-state index in [1.165, 1.54) is 29.5 Å². The molecule has 1 atom stereocenters. The molecule has 0 aliphatic heterocycles. The molecule has 31 heavy (non-hydrogen) atoms. The van der Waals surface area contributed by atoms with Crippen molar-refractivity contribution in [3.63, 3.8) is 0 Å². The van der Waals surface area contributed by atoms with Crippen molar-refractivity contribution >= 4 is 6.29 Å². The second kappa shape index (κ2) is 10.3. The number of carbonyl (C=O) groups is 1. The van der Waals surface area contributed by atoms with Gasteiger partial charge in [0.15, 0.2) is 11.5 Å². The molecule has 1 aromatic heterocycles. The van der Waals surface area contributed by atoms with Gasteiger partial charge >= 0.3 is 0 Å². The SMILES string of the molecule is COc1ccc([C@H](Cc2ccncc2)c2ccc(CC=O)cc2)cc1OC1CCCC1. The Morgan fingerprint density at radius 3 is 2.32 bits per heavy atom. The smallest absolute Gasteiger partial charge is 0.161 e. The second-order valence-corrected chi connectivity index (χ2v) is 8.16. The van der Waals surface area contributed by atoms with Gasteiger partial charge in [0, 0.05) is 24.7 Å². The Labute approximate surface area is 184 Å². The molecular formula is C27H29NO3. The van der Waals surface area contributed by atoms with E-state index in [-0.39, 0.29) is 12.0 Å². The standard InChI is InChI=1S/C27H29NO3/c1-30-26-11-10-23(19-27(26)31-24-4-2-3-5-24)25(18-21-12-15-28-16-13-21)22-8-6-20(7-9-22)14-17-29/h6-13,15-17,19,24-25H,2-5,14,18H2,1H3/t25-/m1/s1. The number of benzene rings is 2. The molecular weight excluding hydrogens is 386 g/mol. The summed E-state index contributed by atoms with van der Waals surface area (Å²) in [6, 6.07) is 18.8. The van der Waals surface area contributed by atoms with Gasteiger partial charge in [0.1, 0.15) is 6.29 Å². The molecule has 0 N–H and O–H groups in total. The third-order valence-corrected chi connectivity index (χ3v) is 6.08. The molecule has 4 nitrogen and oxygen atoms in total. The van der Waals surface area contributed by atoms with Crippen LogP contribution in [0.25, 0.3) is 0 Å².